The second kappa shape index (κ2) is 4.50. The van der Waals surface area contributed by atoms with Crippen molar-refractivity contribution in [1.82, 2.24) is 4.90 Å². The van der Waals surface area contributed by atoms with Gasteiger partial charge in [0.05, 0.1) is 6.61 Å². The lowest BCUT2D eigenvalue weighted by molar-refractivity contribution is 0.0754. The van der Waals surface area contributed by atoms with Crippen molar-refractivity contribution in [2.24, 2.45) is 5.41 Å². The Balaban J connectivity index is 1.88. The van der Waals surface area contributed by atoms with Crippen LogP contribution in [0.25, 0.3) is 0 Å². The Hall–Kier alpha value is 0.400. The van der Waals surface area contributed by atoms with Gasteiger partial charge in [0.15, 0.2) is 0 Å². The molecule has 0 amide bonds. The summed E-state index contributed by atoms with van der Waals surface area (Å²) in [5.74, 6) is 0. The number of halogens is 1. The highest BCUT2D eigenvalue weighted by atomic mass is 79.9. The predicted octanol–water partition coefficient (Wildman–Crippen LogP) is 2.01. The summed E-state index contributed by atoms with van der Waals surface area (Å²) in [6, 6.07) is 0.445. The summed E-state index contributed by atoms with van der Waals surface area (Å²) in [6.07, 6.45) is 6.53. The highest BCUT2D eigenvalue weighted by molar-refractivity contribution is 9.09. The Morgan fingerprint density at radius 1 is 1.36 bits per heavy atom. The Bertz CT molecular complexity index is 194. The van der Waals surface area contributed by atoms with E-state index in [4.69, 9.17) is 0 Å². The summed E-state index contributed by atoms with van der Waals surface area (Å²) in [4.78, 5) is 2.51. The molecule has 0 bridgehead atoms. The monoisotopic (exact) mass is 261 g/mol. The SMILES string of the molecule is OCC1CCCCN1CC1(CBr)CC1. The van der Waals surface area contributed by atoms with Gasteiger partial charge in [-0.3, -0.25) is 4.90 Å². The first kappa shape index (κ1) is 10.9. The van der Waals surface area contributed by atoms with Crippen LogP contribution >= 0.6 is 15.9 Å². The summed E-state index contributed by atoms with van der Waals surface area (Å²) in [5.41, 5.74) is 0.560. The number of piperidine rings is 1. The van der Waals surface area contributed by atoms with Crippen LogP contribution in [0, 0.1) is 5.41 Å². The maximum absolute atomic E-state index is 9.30. The van der Waals surface area contributed by atoms with Crippen molar-refractivity contribution < 1.29 is 5.11 Å². The van der Waals surface area contributed by atoms with E-state index >= 15 is 0 Å². The number of hydrogen-bond donors (Lipinski definition) is 1. The maximum Gasteiger partial charge on any atom is 0.0586 e. The zero-order chi connectivity index (χ0) is 10.0. The molecule has 0 aromatic carbocycles. The first-order valence-corrected chi connectivity index (χ1v) is 6.83. The van der Waals surface area contributed by atoms with Gasteiger partial charge in [-0.05, 0) is 37.6 Å². The van der Waals surface area contributed by atoms with Gasteiger partial charge in [0.2, 0.25) is 0 Å². The molecular weight excluding hydrogens is 242 g/mol. The van der Waals surface area contributed by atoms with Gasteiger partial charge in [0.25, 0.3) is 0 Å². The third-order valence-corrected chi connectivity index (χ3v) is 4.93. The average Bonchev–Trinajstić information content (AvgIpc) is 2.99. The molecule has 3 heteroatoms. The molecule has 1 atom stereocenters. The fourth-order valence-corrected chi connectivity index (χ4v) is 3.15. The van der Waals surface area contributed by atoms with Crippen molar-refractivity contribution in [1.29, 1.82) is 0 Å². The van der Waals surface area contributed by atoms with Gasteiger partial charge in [-0.15, -0.1) is 0 Å². The van der Waals surface area contributed by atoms with Crippen molar-refractivity contribution in [3.8, 4) is 0 Å². The topological polar surface area (TPSA) is 23.5 Å². The van der Waals surface area contributed by atoms with Crippen molar-refractivity contribution in [3.05, 3.63) is 0 Å². The number of aliphatic hydroxyl groups excluding tert-OH is 1. The van der Waals surface area contributed by atoms with Crippen LogP contribution in [-0.2, 0) is 0 Å². The minimum atomic E-state index is 0.346. The second-order valence-electron chi connectivity index (χ2n) is 4.94. The van der Waals surface area contributed by atoms with Gasteiger partial charge in [0, 0.05) is 17.9 Å². The van der Waals surface area contributed by atoms with E-state index < -0.39 is 0 Å². The third kappa shape index (κ3) is 2.31. The molecule has 1 saturated heterocycles. The molecule has 1 saturated carbocycles. The lowest BCUT2D eigenvalue weighted by Crippen LogP contribution is -2.45. The summed E-state index contributed by atoms with van der Waals surface area (Å²) in [5, 5.41) is 10.4. The number of hydrogen-bond acceptors (Lipinski definition) is 2. The smallest absolute Gasteiger partial charge is 0.0586 e. The molecule has 1 N–H and O–H groups in total. The summed E-state index contributed by atoms with van der Waals surface area (Å²) in [7, 11) is 0. The zero-order valence-corrected chi connectivity index (χ0v) is 10.3. The quantitative estimate of drug-likeness (QED) is 0.783. The fraction of sp³-hybridized carbons (Fsp3) is 1.00. The molecule has 1 aliphatic carbocycles. The van der Waals surface area contributed by atoms with Crippen molar-refractivity contribution in [3.63, 3.8) is 0 Å². The van der Waals surface area contributed by atoms with Crippen LogP contribution in [0.3, 0.4) is 0 Å². The molecule has 2 aliphatic rings. The van der Waals surface area contributed by atoms with Crippen LogP contribution in [0.2, 0.25) is 0 Å². The van der Waals surface area contributed by atoms with Crippen molar-refractivity contribution >= 4 is 15.9 Å². The van der Waals surface area contributed by atoms with E-state index in [9.17, 15) is 5.11 Å². The third-order valence-electron chi connectivity index (χ3n) is 3.74. The van der Waals surface area contributed by atoms with Gasteiger partial charge in [-0.1, -0.05) is 22.4 Å². The lowest BCUT2D eigenvalue weighted by atomic mass is 10.00. The van der Waals surface area contributed by atoms with E-state index in [2.05, 4.69) is 20.8 Å². The molecule has 1 unspecified atom stereocenters. The molecule has 1 aliphatic heterocycles. The van der Waals surface area contributed by atoms with Gasteiger partial charge >= 0.3 is 0 Å². The van der Waals surface area contributed by atoms with Crippen LogP contribution in [0.5, 0.6) is 0 Å². The minimum Gasteiger partial charge on any atom is -0.395 e. The van der Waals surface area contributed by atoms with Crippen molar-refractivity contribution in [2.45, 2.75) is 38.1 Å². The Morgan fingerprint density at radius 2 is 2.14 bits per heavy atom. The molecule has 2 fully saturated rings. The van der Waals surface area contributed by atoms with E-state index in [1.807, 2.05) is 0 Å². The number of rotatable bonds is 4. The minimum absolute atomic E-state index is 0.346. The summed E-state index contributed by atoms with van der Waals surface area (Å²) >= 11 is 3.61. The molecule has 0 aromatic heterocycles. The number of aliphatic hydroxyl groups is 1. The van der Waals surface area contributed by atoms with E-state index in [1.54, 1.807) is 0 Å². The van der Waals surface area contributed by atoms with Crippen LogP contribution in [0.1, 0.15) is 32.1 Å². The lowest BCUT2D eigenvalue weighted by Gasteiger charge is -2.36. The molecule has 0 spiro atoms. The van der Waals surface area contributed by atoms with Gasteiger partial charge in [0.1, 0.15) is 0 Å². The molecule has 2 nitrogen and oxygen atoms in total. The Labute approximate surface area is 94.8 Å². The summed E-state index contributed by atoms with van der Waals surface area (Å²) < 4.78 is 0. The van der Waals surface area contributed by atoms with Crippen LogP contribution in [0.15, 0.2) is 0 Å². The zero-order valence-electron chi connectivity index (χ0n) is 8.71. The van der Waals surface area contributed by atoms with E-state index in [0.717, 1.165) is 5.33 Å². The van der Waals surface area contributed by atoms with Gasteiger partial charge in [-0.2, -0.15) is 0 Å². The first-order valence-electron chi connectivity index (χ1n) is 5.70. The van der Waals surface area contributed by atoms with Gasteiger partial charge < -0.3 is 5.11 Å². The Morgan fingerprint density at radius 3 is 2.71 bits per heavy atom. The Kier molecular flexibility index (Phi) is 3.50. The largest absolute Gasteiger partial charge is 0.395 e. The molecule has 0 aromatic rings. The molecule has 82 valence electrons. The average molecular weight is 262 g/mol. The number of likely N-dealkylation sites (tertiary alicyclic amines) is 1. The predicted molar refractivity (Wildman–Crippen MR) is 61.8 cm³/mol. The van der Waals surface area contributed by atoms with Crippen LogP contribution in [-0.4, -0.2) is 41.1 Å². The maximum atomic E-state index is 9.30. The fourth-order valence-electron chi connectivity index (χ4n) is 2.42. The highest BCUT2D eigenvalue weighted by Crippen LogP contribution is 2.48. The first-order chi connectivity index (χ1) is 6.79. The standard InChI is InChI=1S/C11H20BrNO/c12-8-11(4-5-11)9-13-6-2-1-3-10(13)7-14/h10,14H,1-9H2. The molecule has 14 heavy (non-hydrogen) atoms. The molecule has 2 rings (SSSR count). The summed E-state index contributed by atoms with van der Waals surface area (Å²) in [6.45, 7) is 2.74. The molecular formula is C11H20BrNO. The molecule has 0 radical (unpaired) electrons. The molecule has 1 heterocycles. The number of nitrogens with zero attached hydrogens (tertiary/aromatic N) is 1. The normalized spacial score (nSPS) is 31.7. The van der Waals surface area contributed by atoms with E-state index in [0.29, 0.717) is 18.1 Å². The van der Waals surface area contributed by atoms with Gasteiger partial charge in [-0.25, -0.2) is 0 Å². The van der Waals surface area contributed by atoms with Crippen LogP contribution in [0.4, 0.5) is 0 Å². The second-order valence-corrected chi connectivity index (χ2v) is 5.50. The van der Waals surface area contributed by atoms with Crippen LogP contribution < -0.4 is 0 Å². The highest BCUT2D eigenvalue weighted by Gasteiger charge is 2.43. The van der Waals surface area contributed by atoms with E-state index in [1.165, 1.54) is 45.2 Å². The van der Waals surface area contributed by atoms with E-state index in [-0.39, 0.29) is 0 Å². The number of alkyl halides is 1. The van der Waals surface area contributed by atoms with Crippen molar-refractivity contribution in [2.75, 3.05) is 25.0 Å².